The van der Waals surface area contributed by atoms with Gasteiger partial charge in [-0.15, -0.1) is 0 Å². The van der Waals surface area contributed by atoms with Crippen LogP contribution in [0.15, 0.2) is 48.0 Å². The largest absolute Gasteiger partial charge is 0.632 e. The van der Waals surface area contributed by atoms with Crippen LogP contribution in [0, 0.1) is 16.5 Å². The summed E-state index contributed by atoms with van der Waals surface area (Å²) in [5.41, 5.74) is 1.03. The second-order valence-corrected chi connectivity index (χ2v) is 12.2. The molecule has 0 N–H and O–H groups in total. The molecule has 6 aliphatic rings. The van der Waals surface area contributed by atoms with Gasteiger partial charge < -0.3 is 38.4 Å². The summed E-state index contributed by atoms with van der Waals surface area (Å²) in [7, 11) is 7.83. The van der Waals surface area contributed by atoms with Gasteiger partial charge in [0.15, 0.2) is 16.9 Å². The van der Waals surface area contributed by atoms with E-state index in [4.69, 9.17) is 23.7 Å². The number of piperidine rings is 4. The number of ether oxygens (including phenoxy) is 5. The average Bonchev–Trinajstić information content (AvgIpc) is 3.40. The minimum atomic E-state index is -1.34. The van der Waals surface area contributed by atoms with E-state index in [0.717, 1.165) is 16.8 Å². The van der Waals surface area contributed by atoms with Crippen LogP contribution in [0.3, 0.4) is 0 Å². The van der Waals surface area contributed by atoms with Crippen molar-refractivity contribution >= 4 is 17.6 Å². The van der Waals surface area contributed by atoms with Crippen LogP contribution in [0.4, 0.5) is 5.69 Å². The number of rotatable bonds is 6. The van der Waals surface area contributed by atoms with Crippen LogP contribution in [0.2, 0.25) is 0 Å². The van der Waals surface area contributed by atoms with Gasteiger partial charge in [0.2, 0.25) is 5.75 Å². The third-order valence-corrected chi connectivity index (χ3v) is 11.1. The number of quaternary nitrogens is 1. The number of nitrogens with zero attached hydrogens (tertiary/aromatic N) is 2. The molecule has 0 aromatic heterocycles. The topological polar surface area (TPSA) is 107 Å². The van der Waals surface area contributed by atoms with Crippen LogP contribution in [0.1, 0.15) is 35.7 Å². The van der Waals surface area contributed by atoms with Crippen LogP contribution in [-0.4, -0.2) is 82.8 Å². The number of benzene rings is 2. The average molecular weight is 577 g/mol. The van der Waals surface area contributed by atoms with Crippen molar-refractivity contribution in [1.29, 1.82) is 0 Å². The van der Waals surface area contributed by atoms with Gasteiger partial charge in [0.1, 0.15) is 24.7 Å². The predicted octanol–water partition coefficient (Wildman–Crippen LogP) is 3.60. The van der Waals surface area contributed by atoms with E-state index in [1.165, 1.54) is 28.4 Å². The number of para-hydroxylation sites is 1. The monoisotopic (exact) mass is 576 g/mol. The van der Waals surface area contributed by atoms with E-state index in [0.29, 0.717) is 36.6 Å². The second kappa shape index (κ2) is 8.87. The zero-order valence-corrected chi connectivity index (χ0v) is 24.7. The molecule has 0 radical (unpaired) electrons. The molecule has 222 valence electrons. The van der Waals surface area contributed by atoms with Gasteiger partial charge in [-0.3, -0.25) is 4.79 Å². The first-order valence-corrected chi connectivity index (χ1v) is 14.3. The molecular weight excluding hydrogens is 540 g/mol. The van der Waals surface area contributed by atoms with E-state index in [1.54, 1.807) is 12.1 Å². The number of methoxy groups -OCH3 is 4. The molecule has 5 aliphatic heterocycles. The Labute approximate surface area is 244 Å². The van der Waals surface area contributed by atoms with Gasteiger partial charge in [-0.1, -0.05) is 24.3 Å². The summed E-state index contributed by atoms with van der Waals surface area (Å²) in [6.45, 7) is 2.25. The molecular formula is C32H36N2O8. The molecule has 2 unspecified atom stereocenters. The van der Waals surface area contributed by atoms with Gasteiger partial charge in [-0.25, -0.2) is 4.79 Å². The number of hydroxylamine groups is 3. The smallest absolute Gasteiger partial charge is 0.338 e. The summed E-state index contributed by atoms with van der Waals surface area (Å²) in [6.07, 6.45) is 1.98. The molecule has 10 nitrogen and oxygen atoms in total. The lowest BCUT2D eigenvalue weighted by Gasteiger charge is -2.69. The number of carbonyl (C=O) groups is 2. The maximum Gasteiger partial charge on any atom is 0.338 e. The van der Waals surface area contributed by atoms with Gasteiger partial charge in [0, 0.05) is 31.5 Å². The Morgan fingerprint density at radius 3 is 2.38 bits per heavy atom. The number of anilines is 1. The summed E-state index contributed by atoms with van der Waals surface area (Å²) < 4.78 is 28.1. The molecule has 0 amide bonds. The number of hydrogen-bond acceptors (Lipinski definition) is 9. The van der Waals surface area contributed by atoms with Crippen molar-refractivity contribution in [3.63, 3.8) is 0 Å². The summed E-state index contributed by atoms with van der Waals surface area (Å²) >= 11 is 0. The lowest BCUT2D eigenvalue weighted by atomic mass is 9.58. The van der Waals surface area contributed by atoms with E-state index < -0.39 is 39.6 Å². The van der Waals surface area contributed by atoms with E-state index in [1.807, 2.05) is 38.2 Å². The van der Waals surface area contributed by atoms with Gasteiger partial charge in [0.05, 0.1) is 45.5 Å². The van der Waals surface area contributed by atoms with E-state index in [-0.39, 0.29) is 23.6 Å². The number of likely N-dealkylation sites (N-methyl/N-ethyl adjacent to an activating group) is 1. The fraction of sp³-hybridized carbons (Fsp3) is 0.500. The minimum absolute atomic E-state index is 0.191. The summed E-state index contributed by atoms with van der Waals surface area (Å²) in [6, 6.07) is 10.0. The molecule has 8 rings (SSSR count). The van der Waals surface area contributed by atoms with Crippen LogP contribution in [-0.2, 0) is 19.7 Å². The van der Waals surface area contributed by atoms with Crippen molar-refractivity contribution in [2.24, 2.45) is 11.3 Å². The molecule has 5 fully saturated rings. The first kappa shape index (κ1) is 27.1. The zero-order chi connectivity index (χ0) is 29.8. The van der Waals surface area contributed by atoms with Crippen molar-refractivity contribution < 1.29 is 37.9 Å². The van der Waals surface area contributed by atoms with Crippen LogP contribution in [0.5, 0.6) is 17.2 Å². The van der Waals surface area contributed by atoms with Crippen molar-refractivity contribution in [3.8, 4) is 17.2 Å². The number of fused-ring (bicyclic) bond motifs is 2. The summed E-state index contributed by atoms with van der Waals surface area (Å²) in [5.74, 6) is -0.426. The molecule has 6 bridgehead atoms. The van der Waals surface area contributed by atoms with Crippen molar-refractivity contribution in [1.82, 2.24) is 0 Å². The Morgan fingerprint density at radius 1 is 1.07 bits per heavy atom. The maximum atomic E-state index is 15.2. The highest BCUT2D eigenvalue weighted by atomic mass is 16.6. The van der Waals surface area contributed by atoms with Gasteiger partial charge in [-0.05, 0) is 36.3 Å². The maximum absolute atomic E-state index is 15.2. The second-order valence-electron chi connectivity index (χ2n) is 12.2. The molecule has 2 aromatic carbocycles. The SMILES string of the molecule is C/C=C1\C[N+]2([O-])[C@H]3C[C@@H]1[C@]1(C(=O)OC)C(OC(=O)c4cc(OC)c(OC)c(OC)c4)[C@]4(C[C@@H]12)c1ccccc1N(C)[C@H]34. The highest BCUT2D eigenvalue weighted by Crippen LogP contribution is 2.75. The Balaban J connectivity index is 1.47. The number of carbonyl (C=O) groups excluding carboxylic acids is 2. The number of hydrogen-bond donors (Lipinski definition) is 0. The van der Waals surface area contributed by atoms with Crippen molar-refractivity contribution in [2.75, 3.05) is 46.9 Å². The zero-order valence-electron chi connectivity index (χ0n) is 24.7. The molecule has 1 aliphatic carbocycles. The van der Waals surface area contributed by atoms with Gasteiger partial charge in [0.25, 0.3) is 0 Å². The molecule has 42 heavy (non-hydrogen) atoms. The Bertz CT molecular complexity index is 1520. The molecule has 5 heterocycles. The minimum Gasteiger partial charge on any atom is -0.632 e. The number of esters is 2. The van der Waals surface area contributed by atoms with Crippen LogP contribution >= 0.6 is 0 Å². The fourth-order valence-electron chi connectivity index (χ4n) is 9.81. The lowest BCUT2D eigenvalue weighted by Crippen LogP contribution is -2.79. The third kappa shape index (κ3) is 2.87. The standard InChI is InChI=1S/C32H36N2O8/c1-7-17-16-34(37)22-14-20(17)32(30(36)41-6)25(34)15-31(19-10-8-9-11-21(19)33(2)27(22)31)29(32)42-28(35)18-12-23(38-3)26(40-5)24(13-18)39-4/h7-13,20,22,25,27,29H,14-16H2,1-6H3/b17-7+/t20-,22-,25-,27+,29?,31+,32+,34?/m0/s1. The summed E-state index contributed by atoms with van der Waals surface area (Å²) in [5, 5.41) is 15.2. The number of allylic oxidation sites excluding steroid dienone is 1. The van der Waals surface area contributed by atoms with Gasteiger partial charge in [-0.2, -0.15) is 0 Å². The molecule has 1 saturated carbocycles. The van der Waals surface area contributed by atoms with Crippen molar-refractivity contribution in [2.45, 2.75) is 49.4 Å². The Kier molecular flexibility index (Phi) is 5.72. The van der Waals surface area contributed by atoms with Crippen LogP contribution in [0.25, 0.3) is 0 Å². The molecule has 8 atom stereocenters. The first-order valence-electron chi connectivity index (χ1n) is 14.3. The van der Waals surface area contributed by atoms with Gasteiger partial charge >= 0.3 is 11.9 Å². The lowest BCUT2D eigenvalue weighted by molar-refractivity contribution is -0.950. The quantitative estimate of drug-likeness (QED) is 0.221. The fourth-order valence-corrected chi connectivity index (χ4v) is 9.81. The van der Waals surface area contributed by atoms with E-state index in [9.17, 15) is 9.59 Å². The molecule has 10 heteroatoms. The predicted molar refractivity (Wildman–Crippen MR) is 153 cm³/mol. The highest BCUT2D eigenvalue weighted by molar-refractivity contribution is 5.93. The first-order chi connectivity index (χ1) is 20.2. The Hall–Kier alpha value is -3.76. The van der Waals surface area contributed by atoms with E-state index in [2.05, 4.69) is 11.0 Å². The molecule has 2 aromatic rings. The molecule has 1 spiro atoms. The van der Waals surface area contributed by atoms with Crippen LogP contribution < -0.4 is 19.1 Å². The summed E-state index contributed by atoms with van der Waals surface area (Å²) in [4.78, 5) is 30.7. The van der Waals surface area contributed by atoms with Crippen molar-refractivity contribution in [3.05, 3.63) is 64.4 Å². The highest BCUT2D eigenvalue weighted by Gasteiger charge is 2.88. The Morgan fingerprint density at radius 2 is 1.76 bits per heavy atom. The van der Waals surface area contributed by atoms with E-state index >= 15 is 5.21 Å². The molecule has 4 saturated heterocycles. The third-order valence-electron chi connectivity index (χ3n) is 11.1. The normalized spacial score (nSPS) is 37.4.